The van der Waals surface area contributed by atoms with Gasteiger partial charge in [0.05, 0.1) is 0 Å². The number of hydrogen-bond acceptors (Lipinski definition) is 3. The monoisotopic (exact) mass is 182 g/mol. The van der Waals surface area contributed by atoms with Crippen LogP contribution in [0.25, 0.3) is 0 Å². The molecule has 0 saturated heterocycles. The molecule has 1 rings (SSSR count). The number of rotatable bonds is 4. The number of nitrogens with two attached hydrogens (primary N) is 1. The number of hydrogen-bond donors (Lipinski definition) is 1. The van der Waals surface area contributed by atoms with Gasteiger partial charge in [-0.05, 0) is 33.2 Å². The van der Waals surface area contributed by atoms with Crippen molar-refractivity contribution in [3.05, 3.63) is 23.7 Å². The number of nitrogens with zero attached hydrogens (tertiary/aromatic N) is 1. The summed E-state index contributed by atoms with van der Waals surface area (Å²) in [6, 6.07) is 4.11. The van der Waals surface area contributed by atoms with Crippen molar-refractivity contribution >= 4 is 0 Å². The van der Waals surface area contributed by atoms with E-state index in [4.69, 9.17) is 10.2 Å². The Labute approximate surface area is 79.5 Å². The van der Waals surface area contributed by atoms with Crippen LogP contribution in [0.4, 0.5) is 0 Å². The summed E-state index contributed by atoms with van der Waals surface area (Å²) >= 11 is 0. The Balaban J connectivity index is 2.40. The van der Waals surface area contributed by atoms with Gasteiger partial charge in [-0.3, -0.25) is 0 Å². The molecule has 0 saturated carbocycles. The fraction of sp³-hybridized carbons (Fsp3) is 0.600. The summed E-state index contributed by atoms with van der Waals surface area (Å²) in [5.41, 5.74) is 5.91. The maximum atomic E-state index is 5.91. The van der Waals surface area contributed by atoms with E-state index in [9.17, 15) is 0 Å². The topological polar surface area (TPSA) is 42.4 Å². The fourth-order valence-electron chi connectivity index (χ4n) is 1.39. The van der Waals surface area contributed by atoms with Crippen molar-refractivity contribution in [2.24, 2.45) is 5.73 Å². The maximum absolute atomic E-state index is 5.91. The summed E-state index contributed by atoms with van der Waals surface area (Å²) < 4.78 is 5.44. The van der Waals surface area contributed by atoms with Gasteiger partial charge in [-0.25, -0.2) is 0 Å². The van der Waals surface area contributed by atoms with Crippen molar-refractivity contribution in [3.63, 3.8) is 0 Å². The highest BCUT2D eigenvalue weighted by Gasteiger charge is 2.07. The molecule has 1 unspecified atom stereocenters. The second kappa shape index (κ2) is 4.44. The van der Waals surface area contributed by atoms with E-state index >= 15 is 0 Å². The quantitative estimate of drug-likeness (QED) is 0.756. The zero-order valence-corrected chi connectivity index (χ0v) is 8.58. The Morgan fingerprint density at radius 3 is 2.62 bits per heavy atom. The Bertz CT molecular complexity index is 255. The minimum atomic E-state index is 0.153. The van der Waals surface area contributed by atoms with E-state index in [1.165, 1.54) is 0 Å². The molecular formula is C10H18N2O. The first-order chi connectivity index (χ1) is 6.08. The molecule has 0 aromatic carbocycles. The van der Waals surface area contributed by atoms with Crippen LogP contribution < -0.4 is 5.73 Å². The first kappa shape index (κ1) is 10.3. The number of likely N-dealkylation sites (N-methyl/N-ethyl adjacent to an activating group) is 1. The zero-order valence-electron chi connectivity index (χ0n) is 8.58. The summed E-state index contributed by atoms with van der Waals surface area (Å²) in [4.78, 5) is 2.08. The van der Waals surface area contributed by atoms with Gasteiger partial charge in [-0.1, -0.05) is 0 Å². The Morgan fingerprint density at radius 2 is 2.15 bits per heavy atom. The molecule has 1 heterocycles. The third kappa shape index (κ3) is 3.61. The third-order valence-electron chi connectivity index (χ3n) is 1.86. The molecule has 3 heteroatoms. The molecule has 13 heavy (non-hydrogen) atoms. The lowest BCUT2D eigenvalue weighted by Gasteiger charge is -2.15. The van der Waals surface area contributed by atoms with Crippen molar-refractivity contribution in [2.45, 2.75) is 19.4 Å². The summed E-state index contributed by atoms with van der Waals surface area (Å²) in [5, 5.41) is 0. The minimum Gasteiger partial charge on any atom is -0.466 e. The smallest absolute Gasteiger partial charge is 0.105 e. The molecule has 0 amide bonds. The number of furan rings is 1. The van der Waals surface area contributed by atoms with E-state index in [0.29, 0.717) is 0 Å². The van der Waals surface area contributed by atoms with Crippen molar-refractivity contribution in [1.29, 1.82) is 0 Å². The SMILES string of the molecule is Cc1ccc(CC(N)CN(C)C)o1. The van der Waals surface area contributed by atoms with Crippen LogP contribution in [0.2, 0.25) is 0 Å². The van der Waals surface area contributed by atoms with E-state index in [2.05, 4.69) is 4.90 Å². The third-order valence-corrected chi connectivity index (χ3v) is 1.86. The van der Waals surface area contributed by atoms with Gasteiger partial charge in [-0.2, -0.15) is 0 Å². The predicted molar refractivity (Wildman–Crippen MR) is 53.7 cm³/mol. The summed E-state index contributed by atoms with van der Waals surface area (Å²) in [7, 11) is 4.04. The largest absolute Gasteiger partial charge is 0.466 e. The van der Waals surface area contributed by atoms with Gasteiger partial charge < -0.3 is 15.1 Å². The van der Waals surface area contributed by atoms with Gasteiger partial charge in [0.2, 0.25) is 0 Å². The second-order valence-electron chi connectivity index (χ2n) is 3.74. The van der Waals surface area contributed by atoms with Crippen LogP contribution in [0.5, 0.6) is 0 Å². The van der Waals surface area contributed by atoms with Gasteiger partial charge in [0.1, 0.15) is 11.5 Å². The molecule has 0 fully saturated rings. The van der Waals surface area contributed by atoms with Crippen LogP contribution in [-0.2, 0) is 6.42 Å². The first-order valence-corrected chi connectivity index (χ1v) is 4.53. The number of aryl methyl sites for hydroxylation is 1. The summed E-state index contributed by atoms with van der Waals surface area (Å²) in [6.45, 7) is 2.83. The van der Waals surface area contributed by atoms with Crippen LogP contribution in [0.1, 0.15) is 11.5 Å². The van der Waals surface area contributed by atoms with Gasteiger partial charge in [0.15, 0.2) is 0 Å². The van der Waals surface area contributed by atoms with E-state index in [1.54, 1.807) is 0 Å². The highest BCUT2D eigenvalue weighted by atomic mass is 16.3. The lowest BCUT2D eigenvalue weighted by atomic mass is 10.2. The Hall–Kier alpha value is -0.800. The molecule has 0 radical (unpaired) electrons. The molecule has 0 bridgehead atoms. The highest BCUT2D eigenvalue weighted by Crippen LogP contribution is 2.08. The second-order valence-corrected chi connectivity index (χ2v) is 3.74. The van der Waals surface area contributed by atoms with Crippen LogP contribution >= 0.6 is 0 Å². The van der Waals surface area contributed by atoms with E-state index in [1.807, 2.05) is 33.2 Å². The van der Waals surface area contributed by atoms with Crippen LogP contribution in [0, 0.1) is 6.92 Å². The average molecular weight is 182 g/mol. The molecule has 1 aromatic rings. The van der Waals surface area contributed by atoms with E-state index in [0.717, 1.165) is 24.5 Å². The van der Waals surface area contributed by atoms with Crippen molar-refractivity contribution in [2.75, 3.05) is 20.6 Å². The molecule has 3 nitrogen and oxygen atoms in total. The fourth-order valence-corrected chi connectivity index (χ4v) is 1.39. The van der Waals surface area contributed by atoms with Gasteiger partial charge in [-0.15, -0.1) is 0 Å². The molecule has 0 spiro atoms. The van der Waals surface area contributed by atoms with Crippen molar-refractivity contribution in [3.8, 4) is 0 Å². The highest BCUT2D eigenvalue weighted by molar-refractivity contribution is 5.06. The zero-order chi connectivity index (χ0) is 9.84. The minimum absolute atomic E-state index is 0.153. The van der Waals surface area contributed by atoms with Gasteiger partial charge in [0.25, 0.3) is 0 Å². The molecule has 0 aliphatic rings. The molecular weight excluding hydrogens is 164 g/mol. The average Bonchev–Trinajstić information content (AvgIpc) is 2.33. The summed E-state index contributed by atoms with van der Waals surface area (Å²) in [6.07, 6.45) is 0.812. The first-order valence-electron chi connectivity index (χ1n) is 4.53. The Morgan fingerprint density at radius 1 is 1.46 bits per heavy atom. The lowest BCUT2D eigenvalue weighted by Crippen LogP contribution is -2.34. The van der Waals surface area contributed by atoms with Gasteiger partial charge >= 0.3 is 0 Å². The van der Waals surface area contributed by atoms with E-state index in [-0.39, 0.29) is 6.04 Å². The Kier molecular flexibility index (Phi) is 3.51. The van der Waals surface area contributed by atoms with Gasteiger partial charge in [0, 0.05) is 19.0 Å². The standard InChI is InChI=1S/C10H18N2O/c1-8-4-5-10(13-8)6-9(11)7-12(2)3/h4-5,9H,6-7,11H2,1-3H3. The van der Waals surface area contributed by atoms with Crippen LogP contribution in [0.15, 0.2) is 16.5 Å². The van der Waals surface area contributed by atoms with Crippen LogP contribution in [0.3, 0.4) is 0 Å². The molecule has 0 aliphatic heterocycles. The molecule has 2 N–H and O–H groups in total. The van der Waals surface area contributed by atoms with Crippen LogP contribution in [-0.4, -0.2) is 31.6 Å². The van der Waals surface area contributed by atoms with E-state index < -0.39 is 0 Å². The molecule has 1 aromatic heterocycles. The summed E-state index contributed by atoms with van der Waals surface area (Å²) in [5.74, 6) is 1.93. The predicted octanol–water partition coefficient (Wildman–Crippen LogP) is 1.02. The van der Waals surface area contributed by atoms with Crippen molar-refractivity contribution in [1.82, 2.24) is 4.90 Å². The normalized spacial score (nSPS) is 13.6. The van der Waals surface area contributed by atoms with Crippen molar-refractivity contribution < 1.29 is 4.42 Å². The molecule has 1 atom stereocenters. The molecule has 74 valence electrons. The maximum Gasteiger partial charge on any atom is 0.105 e. The lowest BCUT2D eigenvalue weighted by molar-refractivity contribution is 0.357. The molecule has 0 aliphatic carbocycles.